The summed E-state index contributed by atoms with van der Waals surface area (Å²) >= 11 is 0. The standard InChI is InChI=1S/C14H18N4O3/c1-9-7-11-13(15-9)16-10(2)18(14(11)20)8-12(19)17-3-5-21-6-4-17/h7,15H,3-6,8H2,1-2H3. The minimum absolute atomic E-state index is 0.0256. The lowest BCUT2D eigenvalue weighted by molar-refractivity contribution is -0.136. The van der Waals surface area contributed by atoms with Crippen molar-refractivity contribution in [3.63, 3.8) is 0 Å². The molecular weight excluding hydrogens is 272 g/mol. The molecule has 1 aliphatic rings. The van der Waals surface area contributed by atoms with E-state index in [9.17, 15) is 9.59 Å². The van der Waals surface area contributed by atoms with E-state index in [0.717, 1.165) is 5.69 Å². The summed E-state index contributed by atoms with van der Waals surface area (Å²) in [6.45, 7) is 5.89. The number of hydrogen-bond donors (Lipinski definition) is 1. The Morgan fingerprint density at radius 3 is 2.81 bits per heavy atom. The number of fused-ring (bicyclic) bond motifs is 1. The molecule has 0 radical (unpaired) electrons. The van der Waals surface area contributed by atoms with E-state index < -0.39 is 0 Å². The molecule has 0 saturated carbocycles. The van der Waals surface area contributed by atoms with Gasteiger partial charge in [0.15, 0.2) is 0 Å². The molecule has 0 aliphatic carbocycles. The zero-order chi connectivity index (χ0) is 15.0. The molecule has 0 bridgehead atoms. The summed E-state index contributed by atoms with van der Waals surface area (Å²) in [5, 5.41) is 0.521. The maximum absolute atomic E-state index is 12.5. The van der Waals surface area contributed by atoms with Crippen LogP contribution < -0.4 is 5.56 Å². The van der Waals surface area contributed by atoms with Crippen LogP contribution in [0.4, 0.5) is 0 Å². The number of amides is 1. The van der Waals surface area contributed by atoms with Gasteiger partial charge in [-0.05, 0) is 19.9 Å². The van der Waals surface area contributed by atoms with E-state index in [1.165, 1.54) is 4.57 Å². The number of carbonyl (C=O) groups excluding carboxylic acids is 1. The zero-order valence-corrected chi connectivity index (χ0v) is 12.2. The summed E-state index contributed by atoms with van der Waals surface area (Å²) in [5.74, 6) is 0.466. The molecule has 3 heterocycles. The summed E-state index contributed by atoms with van der Waals surface area (Å²) in [6, 6.07) is 1.76. The molecule has 2 aromatic rings. The first-order valence-corrected chi connectivity index (χ1v) is 6.98. The van der Waals surface area contributed by atoms with Crippen molar-refractivity contribution in [2.75, 3.05) is 26.3 Å². The summed E-state index contributed by atoms with van der Waals surface area (Å²) in [5.41, 5.74) is 1.28. The third kappa shape index (κ3) is 2.56. The van der Waals surface area contributed by atoms with E-state index in [-0.39, 0.29) is 18.0 Å². The van der Waals surface area contributed by atoms with E-state index in [0.29, 0.717) is 43.2 Å². The van der Waals surface area contributed by atoms with Crippen molar-refractivity contribution in [1.82, 2.24) is 19.4 Å². The maximum atomic E-state index is 12.5. The number of aromatic nitrogens is 3. The highest BCUT2D eigenvalue weighted by atomic mass is 16.5. The first-order chi connectivity index (χ1) is 10.1. The van der Waals surface area contributed by atoms with Gasteiger partial charge in [-0.25, -0.2) is 4.98 Å². The molecule has 1 N–H and O–H groups in total. The number of aryl methyl sites for hydroxylation is 2. The minimum atomic E-state index is -0.177. The van der Waals surface area contributed by atoms with Gasteiger partial charge in [-0.3, -0.25) is 14.2 Å². The molecule has 3 rings (SSSR count). The first kappa shape index (κ1) is 13.8. The number of H-pyrrole nitrogens is 1. The van der Waals surface area contributed by atoms with Crippen LogP contribution in [0, 0.1) is 13.8 Å². The van der Waals surface area contributed by atoms with Crippen molar-refractivity contribution >= 4 is 16.9 Å². The second kappa shape index (κ2) is 5.33. The molecular formula is C14H18N4O3. The number of rotatable bonds is 2. The maximum Gasteiger partial charge on any atom is 0.263 e. The summed E-state index contributed by atoms with van der Waals surface area (Å²) in [7, 11) is 0. The average molecular weight is 290 g/mol. The van der Waals surface area contributed by atoms with E-state index >= 15 is 0 Å². The molecule has 1 saturated heterocycles. The monoisotopic (exact) mass is 290 g/mol. The Balaban J connectivity index is 1.92. The number of hydrogen-bond acceptors (Lipinski definition) is 4. The summed E-state index contributed by atoms with van der Waals surface area (Å²) in [4.78, 5) is 33.9. The normalized spacial score (nSPS) is 15.6. The number of nitrogens with zero attached hydrogens (tertiary/aromatic N) is 3. The van der Waals surface area contributed by atoms with Gasteiger partial charge in [0.25, 0.3) is 5.56 Å². The largest absolute Gasteiger partial charge is 0.378 e. The molecule has 0 aromatic carbocycles. The predicted octanol–water partition coefficient (Wildman–Crippen LogP) is 0.200. The van der Waals surface area contributed by atoms with E-state index in [2.05, 4.69) is 9.97 Å². The van der Waals surface area contributed by atoms with Gasteiger partial charge >= 0.3 is 0 Å². The van der Waals surface area contributed by atoms with Crippen LogP contribution >= 0.6 is 0 Å². The van der Waals surface area contributed by atoms with Gasteiger partial charge < -0.3 is 14.6 Å². The van der Waals surface area contributed by atoms with Gasteiger partial charge in [-0.15, -0.1) is 0 Å². The molecule has 1 aliphatic heterocycles. The molecule has 0 atom stereocenters. The Morgan fingerprint density at radius 2 is 2.10 bits per heavy atom. The number of nitrogens with one attached hydrogen (secondary N) is 1. The van der Waals surface area contributed by atoms with Crippen molar-refractivity contribution in [1.29, 1.82) is 0 Å². The lowest BCUT2D eigenvalue weighted by atomic mass is 10.3. The summed E-state index contributed by atoms with van der Waals surface area (Å²) < 4.78 is 6.67. The van der Waals surface area contributed by atoms with Crippen molar-refractivity contribution in [2.45, 2.75) is 20.4 Å². The SMILES string of the molecule is Cc1cc2c(=O)n(CC(=O)N3CCOCC3)c(C)nc2[nH]1. The average Bonchev–Trinajstić information content (AvgIpc) is 2.85. The number of carbonyl (C=O) groups is 1. The van der Waals surface area contributed by atoms with Crippen molar-refractivity contribution in [3.8, 4) is 0 Å². The second-order valence-electron chi connectivity index (χ2n) is 5.26. The van der Waals surface area contributed by atoms with Crippen LogP contribution in [0.15, 0.2) is 10.9 Å². The van der Waals surface area contributed by atoms with Crippen molar-refractivity contribution in [3.05, 3.63) is 27.9 Å². The fourth-order valence-corrected chi connectivity index (χ4v) is 2.57. The van der Waals surface area contributed by atoms with Gasteiger partial charge in [0.1, 0.15) is 18.0 Å². The van der Waals surface area contributed by atoms with Crippen LogP contribution in [-0.4, -0.2) is 51.6 Å². The highest BCUT2D eigenvalue weighted by Gasteiger charge is 2.19. The second-order valence-corrected chi connectivity index (χ2v) is 5.26. The molecule has 1 fully saturated rings. The molecule has 0 unspecified atom stereocenters. The van der Waals surface area contributed by atoms with Gasteiger partial charge in [0.05, 0.1) is 18.6 Å². The summed E-state index contributed by atoms with van der Waals surface area (Å²) in [6.07, 6.45) is 0. The van der Waals surface area contributed by atoms with Crippen LogP contribution in [0.1, 0.15) is 11.5 Å². The zero-order valence-electron chi connectivity index (χ0n) is 12.2. The smallest absolute Gasteiger partial charge is 0.263 e. The highest BCUT2D eigenvalue weighted by molar-refractivity contribution is 5.78. The van der Waals surface area contributed by atoms with Crippen LogP contribution in [0.3, 0.4) is 0 Å². The first-order valence-electron chi connectivity index (χ1n) is 6.98. The Bertz CT molecular complexity index is 740. The quantitative estimate of drug-likeness (QED) is 0.857. The number of aromatic amines is 1. The van der Waals surface area contributed by atoms with Crippen LogP contribution in [-0.2, 0) is 16.1 Å². The fourth-order valence-electron chi connectivity index (χ4n) is 2.57. The molecule has 1 amide bonds. The third-order valence-corrected chi connectivity index (χ3v) is 3.73. The Labute approximate surface area is 121 Å². The lowest BCUT2D eigenvalue weighted by Gasteiger charge is -2.27. The molecule has 2 aromatic heterocycles. The molecule has 7 nitrogen and oxygen atoms in total. The fraction of sp³-hybridized carbons (Fsp3) is 0.500. The van der Waals surface area contributed by atoms with Crippen LogP contribution in [0.5, 0.6) is 0 Å². The molecule has 112 valence electrons. The Hall–Kier alpha value is -2.15. The van der Waals surface area contributed by atoms with Gasteiger partial charge in [-0.1, -0.05) is 0 Å². The molecule has 21 heavy (non-hydrogen) atoms. The highest BCUT2D eigenvalue weighted by Crippen LogP contribution is 2.09. The van der Waals surface area contributed by atoms with E-state index in [4.69, 9.17) is 4.74 Å². The van der Waals surface area contributed by atoms with Gasteiger partial charge in [-0.2, -0.15) is 0 Å². The van der Waals surface area contributed by atoms with Crippen LogP contribution in [0.25, 0.3) is 11.0 Å². The molecule has 0 spiro atoms. The number of morpholine rings is 1. The van der Waals surface area contributed by atoms with Gasteiger partial charge in [0, 0.05) is 18.8 Å². The molecule has 7 heteroatoms. The van der Waals surface area contributed by atoms with Crippen molar-refractivity contribution < 1.29 is 9.53 Å². The van der Waals surface area contributed by atoms with E-state index in [1.54, 1.807) is 17.9 Å². The van der Waals surface area contributed by atoms with Crippen molar-refractivity contribution in [2.24, 2.45) is 0 Å². The van der Waals surface area contributed by atoms with Gasteiger partial charge in [0.2, 0.25) is 5.91 Å². The van der Waals surface area contributed by atoms with Crippen LogP contribution in [0.2, 0.25) is 0 Å². The number of ether oxygens (including phenoxy) is 1. The minimum Gasteiger partial charge on any atom is -0.378 e. The van der Waals surface area contributed by atoms with E-state index in [1.807, 2.05) is 6.92 Å². The topological polar surface area (TPSA) is 80.2 Å². The third-order valence-electron chi connectivity index (χ3n) is 3.73. The predicted molar refractivity (Wildman–Crippen MR) is 77.2 cm³/mol. The Morgan fingerprint density at radius 1 is 1.38 bits per heavy atom. The Kier molecular flexibility index (Phi) is 3.50. The lowest BCUT2D eigenvalue weighted by Crippen LogP contribution is -2.43.